The van der Waals surface area contributed by atoms with Crippen molar-refractivity contribution in [3.05, 3.63) is 6.42 Å². The number of carbonyl (C=O) groups is 1. The van der Waals surface area contributed by atoms with Crippen LogP contribution in [0.4, 0.5) is 0 Å². The van der Waals surface area contributed by atoms with Crippen molar-refractivity contribution in [3.63, 3.8) is 0 Å². The molecule has 0 aromatic heterocycles. The predicted molar refractivity (Wildman–Crippen MR) is 73.0 cm³/mol. The fourth-order valence-electron chi connectivity index (χ4n) is 1.97. The minimum atomic E-state index is -0.687. The van der Waals surface area contributed by atoms with Crippen molar-refractivity contribution in [3.8, 4) is 0 Å². The van der Waals surface area contributed by atoms with Crippen LogP contribution in [-0.4, -0.2) is 11.1 Å². The van der Waals surface area contributed by atoms with Crippen LogP contribution in [0.15, 0.2) is 0 Å². The molecule has 0 unspecified atom stereocenters. The van der Waals surface area contributed by atoms with Crippen molar-refractivity contribution in [2.75, 3.05) is 0 Å². The second kappa shape index (κ2) is 17.5. The van der Waals surface area contributed by atoms with Gasteiger partial charge in [0.1, 0.15) is 0 Å². The minimum Gasteiger partial charge on any atom is -0.481 e. The number of carboxylic acids is 1. The Morgan fingerprint density at radius 1 is 0.889 bits per heavy atom. The van der Waals surface area contributed by atoms with Gasteiger partial charge in [-0.05, 0) is 0 Å². The molecule has 0 amide bonds. The topological polar surface area (TPSA) is 37.3 Å². The first-order chi connectivity index (χ1) is 8.27. The number of hydrogen-bond donors (Lipinski definition) is 1. The minimum absolute atomic E-state index is 0. The Kier molecular flexibility index (Phi) is 20.2. The van der Waals surface area contributed by atoms with E-state index in [9.17, 15) is 4.79 Å². The molecule has 0 atom stereocenters. The zero-order valence-corrected chi connectivity index (χ0v) is 14.4. The van der Waals surface area contributed by atoms with Gasteiger partial charge in [-0.15, -0.1) is 0 Å². The van der Waals surface area contributed by atoms with Crippen molar-refractivity contribution in [1.29, 1.82) is 0 Å². The third kappa shape index (κ3) is 18.8. The summed E-state index contributed by atoms with van der Waals surface area (Å²) in [6.45, 7) is 2.25. The summed E-state index contributed by atoms with van der Waals surface area (Å²) in [4.78, 5) is 10.3. The Bertz CT molecular complexity index is 172. The molecule has 0 aliphatic carbocycles. The molecule has 0 heterocycles. The SMILES string of the molecule is CCCCCCCCCCC[CH-]CCC(=O)O.[Na+]. The molecule has 0 saturated carbocycles. The molecule has 1 N–H and O–H groups in total. The van der Waals surface area contributed by atoms with Crippen LogP contribution in [0.1, 0.15) is 84.0 Å². The van der Waals surface area contributed by atoms with Crippen LogP contribution in [0.3, 0.4) is 0 Å². The average Bonchev–Trinajstić information content (AvgIpc) is 2.30. The maximum absolute atomic E-state index is 10.3. The van der Waals surface area contributed by atoms with Crippen LogP contribution in [0.5, 0.6) is 0 Å². The van der Waals surface area contributed by atoms with E-state index in [-0.39, 0.29) is 36.0 Å². The summed E-state index contributed by atoms with van der Waals surface area (Å²) < 4.78 is 0. The molecule has 0 aliphatic rings. The van der Waals surface area contributed by atoms with E-state index in [1.165, 1.54) is 57.8 Å². The van der Waals surface area contributed by atoms with Gasteiger partial charge in [0.05, 0.1) is 0 Å². The van der Waals surface area contributed by atoms with Gasteiger partial charge in [0.2, 0.25) is 0 Å². The maximum atomic E-state index is 10.3. The van der Waals surface area contributed by atoms with Crippen LogP contribution < -0.4 is 29.6 Å². The first-order valence-electron chi connectivity index (χ1n) is 7.30. The number of hydrogen-bond acceptors (Lipinski definition) is 1. The monoisotopic (exact) mass is 264 g/mol. The molecule has 0 aromatic carbocycles. The van der Waals surface area contributed by atoms with Gasteiger partial charge in [-0.1, -0.05) is 64.7 Å². The van der Waals surface area contributed by atoms with Crippen LogP contribution in [0.25, 0.3) is 0 Å². The summed E-state index contributed by atoms with van der Waals surface area (Å²) in [7, 11) is 0. The second-order valence-corrected chi connectivity index (χ2v) is 4.84. The van der Waals surface area contributed by atoms with Gasteiger partial charge in [-0.2, -0.15) is 12.8 Å². The fraction of sp³-hybridized carbons (Fsp3) is 0.867. The molecule has 3 heteroatoms. The van der Waals surface area contributed by atoms with E-state index in [1.807, 2.05) is 0 Å². The Morgan fingerprint density at radius 2 is 1.39 bits per heavy atom. The standard InChI is InChI=1S/C15H29O2.Na/c1-2-3-4-5-6-7-8-9-10-11-12-13-14-15(16)17;/h12H,2-11,13-14H2,1H3,(H,16,17);/q-1;+1. The second-order valence-electron chi connectivity index (χ2n) is 4.84. The van der Waals surface area contributed by atoms with Crippen molar-refractivity contribution in [1.82, 2.24) is 0 Å². The largest absolute Gasteiger partial charge is 1.00 e. The molecule has 18 heavy (non-hydrogen) atoms. The Balaban J connectivity index is 0. The Hall–Kier alpha value is 0.470. The molecule has 0 radical (unpaired) electrons. The molecule has 0 spiro atoms. The summed E-state index contributed by atoms with van der Waals surface area (Å²) >= 11 is 0. The summed E-state index contributed by atoms with van der Waals surface area (Å²) in [5.41, 5.74) is 0. The molecule has 0 aromatic rings. The summed E-state index contributed by atoms with van der Waals surface area (Å²) in [5.74, 6) is -0.687. The summed E-state index contributed by atoms with van der Waals surface area (Å²) in [6, 6.07) is 0. The van der Waals surface area contributed by atoms with Crippen LogP contribution in [-0.2, 0) is 4.79 Å². The molecule has 2 nitrogen and oxygen atoms in total. The van der Waals surface area contributed by atoms with E-state index < -0.39 is 5.97 Å². The van der Waals surface area contributed by atoms with Gasteiger partial charge < -0.3 is 11.5 Å². The van der Waals surface area contributed by atoms with Crippen molar-refractivity contribution < 1.29 is 39.5 Å². The van der Waals surface area contributed by atoms with Crippen LogP contribution in [0.2, 0.25) is 0 Å². The van der Waals surface area contributed by atoms with Gasteiger partial charge in [0, 0.05) is 6.42 Å². The normalized spacial score (nSPS) is 10.1. The summed E-state index contributed by atoms with van der Waals surface area (Å²) in [6.07, 6.45) is 16.4. The molecule has 0 aliphatic heterocycles. The zero-order chi connectivity index (χ0) is 12.8. The third-order valence-corrected chi connectivity index (χ3v) is 3.07. The fourth-order valence-corrected chi connectivity index (χ4v) is 1.97. The first-order valence-corrected chi connectivity index (χ1v) is 7.30. The number of carboxylic acid groups (broad SMARTS) is 1. The van der Waals surface area contributed by atoms with Gasteiger partial charge in [-0.25, -0.2) is 0 Å². The Morgan fingerprint density at radius 3 is 1.89 bits per heavy atom. The first kappa shape index (κ1) is 20.8. The predicted octanol–water partition coefficient (Wildman–Crippen LogP) is 1.98. The van der Waals surface area contributed by atoms with Crippen molar-refractivity contribution in [2.45, 2.75) is 84.0 Å². The maximum Gasteiger partial charge on any atom is 1.00 e. The summed E-state index contributed by atoms with van der Waals surface area (Å²) in [5, 5.41) is 8.45. The van der Waals surface area contributed by atoms with Crippen LogP contribution in [0, 0.1) is 6.42 Å². The third-order valence-electron chi connectivity index (χ3n) is 3.07. The van der Waals surface area contributed by atoms with Gasteiger partial charge >= 0.3 is 35.5 Å². The van der Waals surface area contributed by atoms with Crippen LogP contribution >= 0.6 is 0 Å². The molecule has 0 fully saturated rings. The van der Waals surface area contributed by atoms with E-state index in [2.05, 4.69) is 13.3 Å². The number of rotatable bonds is 13. The average molecular weight is 264 g/mol. The van der Waals surface area contributed by atoms with E-state index in [0.29, 0.717) is 0 Å². The quantitative estimate of drug-likeness (QED) is 0.314. The van der Waals surface area contributed by atoms with Gasteiger partial charge in [0.15, 0.2) is 0 Å². The van der Waals surface area contributed by atoms with E-state index in [1.54, 1.807) is 0 Å². The molecule has 102 valence electrons. The Labute approximate surface area is 135 Å². The molecule has 0 saturated heterocycles. The smallest absolute Gasteiger partial charge is 0.481 e. The van der Waals surface area contributed by atoms with Gasteiger partial charge in [-0.3, -0.25) is 4.79 Å². The van der Waals surface area contributed by atoms with E-state index in [4.69, 9.17) is 5.11 Å². The van der Waals surface area contributed by atoms with E-state index >= 15 is 0 Å². The molecule has 0 rings (SSSR count). The molecular weight excluding hydrogens is 235 g/mol. The molecular formula is C15H29NaO2. The molecule has 0 bridgehead atoms. The van der Waals surface area contributed by atoms with Gasteiger partial charge in [0.25, 0.3) is 0 Å². The number of unbranched alkanes of at least 4 members (excludes halogenated alkanes) is 11. The van der Waals surface area contributed by atoms with E-state index in [0.717, 1.165) is 12.8 Å². The number of aliphatic carboxylic acids is 1. The zero-order valence-electron chi connectivity index (χ0n) is 12.4. The van der Waals surface area contributed by atoms with Crippen molar-refractivity contribution >= 4 is 5.97 Å². The van der Waals surface area contributed by atoms with Crippen molar-refractivity contribution in [2.24, 2.45) is 0 Å².